The van der Waals surface area contributed by atoms with Crippen LogP contribution in [0, 0.1) is 17.8 Å². The van der Waals surface area contributed by atoms with E-state index in [-0.39, 0.29) is 0 Å². The monoisotopic (exact) mass is 174 g/mol. The van der Waals surface area contributed by atoms with Gasteiger partial charge in [0.2, 0.25) is 0 Å². The maximum atomic E-state index is 11.4. The van der Waals surface area contributed by atoms with Crippen LogP contribution in [0.2, 0.25) is 0 Å². The standard InChI is InChI=1S/C12H14O/c13-10-6-8-5-9(7-10)12-4-2-1-3-11(8)12/h1-3,8-9,12H,4-7H2/t8-,9+,12-/m1/s1. The Bertz CT molecular complexity index is 311. The van der Waals surface area contributed by atoms with E-state index in [4.69, 9.17) is 0 Å². The number of ketones is 1. The van der Waals surface area contributed by atoms with Crippen molar-refractivity contribution in [2.75, 3.05) is 0 Å². The lowest BCUT2D eigenvalue weighted by Gasteiger charge is -2.19. The van der Waals surface area contributed by atoms with Gasteiger partial charge in [0, 0.05) is 12.8 Å². The van der Waals surface area contributed by atoms with Crippen molar-refractivity contribution in [3.05, 3.63) is 23.8 Å². The molecular weight excluding hydrogens is 160 g/mol. The maximum Gasteiger partial charge on any atom is 0.133 e. The second-order valence-corrected chi connectivity index (χ2v) is 4.58. The Balaban J connectivity index is 1.99. The summed E-state index contributed by atoms with van der Waals surface area (Å²) in [5.74, 6) is 2.52. The minimum atomic E-state index is 0.497. The lowest BCUT2D eigenvalue weighted by atomic mass is 9.85. The first-order valence-corrected chi connectivity index (χ1v) is 5.23. The largest absolute Gasteiger partial charge is 0.300 e. The molecule has 13 heavy (non-hydrogen) atoms. The molecular formula is C12H14O. The van der Waals surface area contributed by atoms with Crippen molar-refractivity contribution in [2.45, 2.75) is 25.7 Å². The molecule has 0 radical (unpaired) electrons. The molecule has 2 saturated carbocycles. The van der Waals surface area contributed by atoms with Gasteiger partial charge in [0.25, 0.3) is 0 Å². The van der Waals surface area contributed by atoms with Gasteiger partial charge in [-0.25, -0.2) is 0 Å². The second kappa shape index (κ2) is 2.57. The first-order chi connectivity index (χ1) is 6.34. The molecule has 0 N–H and O–H groups in total. The lowest BCUT2D eigenvalue weighted by molar-refractivity contribution is -0.121. The molecule has 0 aromatic rings. The smallest absolute Gasteiger partial charge is 0.133 e. The highest BCUT2D eigenvalue weighted by atomic mass is 16.1. The number of carbonyl (C=O) groups excluding carboxylic acids is 1. The molecule has 0 aromatic carbocycles. The molecule has 0 unspecified atom stereocenters. The van der Waals surface area contributed by atoms with Crippen LogP contribution in [0.25, 0.3) is 0 Å². The van der Waals surface area contributed by atoms with E-state index in [2.05, 4.69) is 18.2 Å². The van der Waals surface area contributed by atoms with Crippen molar-refractivity contribution in [1.82, 2.24) is 0 Å². The van der Waals surface area contributed by atoms with E-state index >= 15 is 0 Å². The molecule has 2 bridgehead atoms. The van der Waals surface area contributed by atoms with Crippen LogP contribution in [0.15, 0.2) is 23.8 Å². The van der Waals surface area contributed by atoms with Crippen LogP contribution in [0.5, 0.6) is 0 Å². The van der Waals surface area contributed by atoms with Gasteiger partial charge < -0.3 is 0 Å². The Hall–Kier alpha value is -0.850. The van der Waals surface area contributed by atoms with Crippen LogP contribution < -0.4 is 0 Å². The predicted molar refractivity (Wildman–Crippen MR) is 51.2 cm³/mol. The van der Waals surface area contributed by atoms with Gasteiger partial charge in [-0.2, -0.15) is 0 Å². The summed E-state index contributed by atoms with van der Waals surface area (Å²) < 4.78 is 0. The molecule has 1 heteroatoms. The highest BCUT2D eigenvalue weighted by Gasteiger charge is 2.43. The molecule has 0 heterocycles. The van der Waals surface area contributed by atoms with Crippen LogP contribution in [0.3, 0.4) is 0 Å². The normalized spacial score (nSPS) is 41.7. The Kier molecular flexibility index (Phi) is 1.49. The lowest BCUT2D eigenvalue weighted by Crippen LogP contribution is -2.16. The van der Waals surface area contributed by atoms with Crippen LogP contribution in [-0.4, -0.2) is 5.78 Å². The highest BCUT2D eigenvalue weighted by molar-refractivity contribution is 5.81. The quantitative estimate of drug-likeness (QED) is 0.551. The third-order valence-electron chi connectivity index (χ3n) is 3.83. The third kappa shape index (κ3) is 1.03. The highest BCUT2D eigenvalue weighted by Crippen LogP contribution is 2.50. The molecule has 3 aliphatic carbocycles. The SMILES string of the molecule is O=C1C[C@H]2C[C@@H](C1)[C@H]1CC=CC=C21. The van der Waals surface area contributed by atoms with Crippen molar-refractivity contribution in [3.63, 3.8) is 0 Å². The van der Waals surface area contributed by atoms with Crippen LogP contribution >= 0.6 is 0 Å². The fourth-order valence-corrected chi connectivity index (χ4v) is 3.31. The number of fused-ring (bicyclic) bond motifs is 5. The zero-order chi connectivity index (χ0) is 8.84. The van der Waals surface area contributed by atoms with Crippen LogP contribution in [0.4, 0.5) is 0 Å². The minimum Gasteiger partial charge on any atom is -0.300 e. The number of allylic oxidation sites excluding steroid dienone is 4. The van der Waals surface area contributed by atoms with Gasteiger partial charge in [-0.15, -0.1) is 0 Å². The van der Waals surface area contributed by atoms with Gasteiger partial charge in [-0.1, -0.05) is 23.8 Å². The third-order valence-corrected chi connectivity index (χ3v) is 3.83. The zero-order valence-corrected chi connectivity index (χ0v) is 7.70. The van der Waals surface area contributed by atoms with Gasteiger partial charge in [-0.3, -0.25) is 4.79 Å². The van der Waals surface area contributed by atoms with E-state index in [9.17, 15) is 4.79 Å². The topological polar surface area (TPSA) is 17.1 Å². The summed E-state index contributed by atoms with van der Waals surface area (Å²) in [6, 6.07) is 0. The van der Waals surface area contributed by atoms with E-state index in [0.29, 0.717) is 17.6 Å². The van der Waals surface area contributed by atoms with E-state index in [1.807, 2.05) is 0 Å². The van der Waals surface area contributed by atoms with Crippen molar-refractivity contribution in [2.24, 2.45) is 17.8 Å². The van der Waals surface area contributed by atoms with Gasteiger partial charge >= 0.3 is 0 Å². The minimum absolute atomic E-state index is 0.497. The Morgan fingerprint density at radius 2 is 2.23 bits per heavy atom. The fourth-order valence-electron chi connectivity index (χ4n) is 3.31. The molecule has 0 aliphatic heterocycles. The fraction of sp³-hybridized carbons (Fsp3) is 0.583. The molecule has 2 fully saturated rings. The Morgan fingerprint density at radius 3 is 3.15 bits per heavy atom. The molecule has 3 atom stereocenters. The molecule has 68 valence electrons. The van der Waals surface area contributed by atoms with Crippen molar-refractivity contribution < 1.29 is 4.79 Å². The van der Waals surface area contributed by atoms with E-state index < -0.39 is 0 Å². The van der Waals surface area contributed by atoms with Crippen molar-refractivity contribution in [3.8, 4) is 0 Å². The van der Waals surface area contributed by atoms with Gasteiger partial charge in [0.15, 0.2) is 0 Å². The molecule has 0 aromatic heterocycles. The molecule has 0 saturated heterocycles. The Labute approximate surface area is 78.5 Å². The summed E-state index contributed by atoms with van der Waals surface area (Å²) in [6.07, 6.45) is 10.8. The van der Waals surface area contributed by atoms with Gasteiger partial charge in [-0.05, 0) is 30.6 Å². The maximum absolute atomic E-state index is 11.4. The summed E-state index contributed by atoms with van der Waals surface area (Å²) in [4.78, 5) is 11.4. The number of hydrogen-bond donors (Lipinski definition) is 0. The molecule has 0 spiro atoms. The molecule has 3 rings (SSSR count). The number of carbonyl (C=O) groups is 1. The second-order valence-electron chi connectivity index (χ2n) is 4.58. The van der Waals surface area contributed by atoms with E-state index in [1.165, 1.54) is 12.8 Å². The number of rotatable bonds is 0. The average molecular weight is 174 g/mol. The summed E-state index contributed by atoms with van der Waals surface area (Å²) in [5, 5.41) is 0. The molecule has 3 aliphatic rings. The zero-order valence-electron chi connectivity index (χ0n) is 7.70. The predicted octanol–water partition coefficient (Wildman–Crippen LogP) is 2.49. The van der Waals surface area contributed by atoms with Gasteiger partial charge in [0.05, 0.1) is 0 Å². The van der Waals surface area contributed by atoms with Crippen molar-refractivity contribution >= 4 is 5.78 Å². The molecule has 1 nitrogen and oxygen atoms in total. The van der Waals surface area contributed by atoms with Crippen LogP contribution in [0.1, 0.15) is 25.7 Å². The first-order valence-electron chi connectivity index (χ1n) is 5.23. The Morgan fingerprint density at radius 1 is 1.31 bits per heavy atom. The number of Topliss-reactive ketones (excluding diaryl/α,β-unsaturated/α-hetero) is 1. The summed E-state index contributed by atoms with van der Waals surface area (Å²) in [5.41, 5.74) is 1.58. The van der Waals surface area contributed by atoms with E-state index in [0.717, 1.165) is 18.8 Å². The van der Waals surface area contributed by atoms with Crippen molar-refractivity contribution in [1.29, 1.82) is 0 Å². The van der Waals surface area contributed by atoms with Gasteiger partial charge in [0.1, 0.15) is 5.78 Å². The van der Waals surface area contributed by atoms with Crippen LogP contribution in [-0.2, 0) is 4.79 Å². The first kappa shape index (κ1) is 7.54. The van der Waals surface area contributed by atoms with E-state index in [1.54, 1.807) is 5.57 Å². The summed E-state index contributed by atoms with van der Waals surface area (Å²) in [7, 11) is 0. The average Bonchev–Trinajstić information content (AvgIpc) is 2.41. The number of hydrogen-bond acceptors (Lipinski definition) is 1. The summed E-state index contributed by atoms with van der Waals surface area (Å²) in [6.45, 7) is 0. The summed E-state index contributed by atoms with van der Waals surface area (Å²) >= 11 is 0. The molecule has 0 amide bonds.